The van der Waals surface area contributed by atoms with Crippen LogP contribution in [0.5, 0.6) is 0 Å². The van der Waals surface area contributed by atoms with E-state index in [2.05, 4.69) is 15.0 Å². The molecule has 1 aliphatic heterocycles. The SMILES string of the molecule is C[C@@H]1Cc2c([nH]c3ccccc23)[C@@H](c2cnc(Cl)nc2)N1CC(F)(F)CO. The molecule has 2 aromatic heterocycles. The molecule has 0 fully saturated rings. The number of alkyl halides is 2. The number of halogens is 3. The lowest BCUT2D eigenvalue weighted by Crippen LogP contribution is -2.49. The number of fused-ring (bicyclic) bond motifs is 3. The van der Waals surface area contributed by atoms with Crippen molar-refractivity contribution in [2.24, 2.45) is 0 Å². The molecule has 3 aromatic rings. The Hall–Kier alpha value is -2.09. The summed E-state index contributed by atoms with van der Waals surface area (Å²) < 4.78 is 28.2. The van der Waals surface area contributed by atoms with E-state index in [0.717, 1.165) is 22.2 Å². The highest BCUT2D eigenvalue weighted by Crippen LogP contribution is 2.41. The molecule has 4 rings (SSSR count). The molecule has 0 spiro atoms. The van der Waals surface area contributed by atoms with E-state index in [1.165, 1.54) is 0 Å². The van der Waals surface area contributed by atoms with E-state index in [0.29, 0.717) is 12.0 Å². The molecule has 0 bridgehead atoms. The number of H-pyrrole nitrogens is 1. The molecule has 0 radical (unpaired) electrons. The van der Waals surface area contributed by atoms with Crippen molar-refractivity contribution in [3.05, 3.63) is 58.8 Å². The number of aliphatic hydroxyl groups is 1. The molecule has 1 aliphatic rings. The van der Waals surface area contributed by atoms with Gasteiger partial charge in [-0.15, -0.1) is 0 Å². The Labute approximate surface area is 160 Å². The van der Waals surface area contributed by atoms with Crippen LogP contribution in [-0.4, -0.2) is 50.1 Å². The predicted molar refractivity (Wildman–Crippen MR) is 99.1 cm³/mol. The summed E-state index contributed by atoms with van der Waals surface area (Å²) in [5, 5.41) is 10.3. The number of benzene rings is 1. The third-order valence-electron chi connectivity index (χ3n) is 5.12. The first-order valence-corrected chi connectivity index (χ1v) is 9.09. The highest BCUT2D eigenvalue weighted by atomic mass is 35.5. The van der Waals surface area contributed by atoms with E-state index < -0.39 is 25.1 Å². The van der Waals surface area contributed by atoms with Gasteiger partial charge in [0.15, 0.2) is 0 Å². The molecule has 2 atom stereocenters. The molecule has 27 heavy (non-hydrogen) atoms. The molecule has 0 unspecified atom stereocenters. The largest absolute Gasteiger partial charge is 0.390 e. The number of nitrogens with one attached hydrogen (secondary N) is 1. The molecule has 142 valence electrons. The Kier molecular flexibility index (Phi) is 4.61. The lowest BCUT2D eigenvalue weighted by Gasteiger charge is -2.42. The van der Waals surface area contributed by atoms with Crippen LogP contribution in [0.1, 0.15) is 29.8 Å². The third kappa shape index (κ3) is 3.31. The van der Waals surface area contributed by atoms with Crippen LogP contribution in [-0.2, 0) is 6.42 Å². The Bertz CT molecular complexity index is 960. The van der Waals surface area contributed by atoms with Gasteiger partial charge in [-0.05, 0) is 36.6 Å². The number of rotatable bonds is 4. The van der Waals surface area contributed by atoms with E-state index in [1.54, 1.807) is 17.3 Å². The number of nitrogens with zero attached hydrogens (tertiary/aromatic N) is 3. The van der Waals surface area contributed by atoms with Gasteiger partial charge in [0.1, 0.15) is 6.61 Å². The quantitative estimate of drug-likeness (QED) is 0.666. The van der Waals surface area contributed by atoms with Crippen molar-refractivity contribution in [3.63, 3.8) is 0 Å². The second-order valence-electron chi connectivity index (χ2n) is 6.99. The topological polar surface area (TPSA) is 65.0 Å². The van der Waals surface area contributed by atoms with Gasteiger partial charge in [-0.2, -0.15) is 0 Å². The van der Waals surface area contributed by atoms with Crippen LogP contribution in [0.15, 0.2) is 36.7 Å². The van der Waals surface area contributed by atoms with Gasteiger partial charge < -0.3 is 10.1 Å². The average molecular weight is 393 g/mol. The number of hydrogen-bond donors (Lipinski definition) is 2. The lowest BCUT2D eigenvalue weighted by molar-refractivity contribution is -0.0865. The molecule has 0 amide bonds. The van der Waals surface area contributed by atoms with Crippen molar-refractivity contribution in [1.29, 1.82) is 0 Å². The van der Waals surface area contributed by atoms with E-state index in [-0.39, 0.29) is 11.3 Å². The summed E-state index contributed by atoms with van der Waals surface area (Å²) in [4.78, 5) is 13.2. The van der Waals surface area contributed by atoms with Crippen LogP contribution in [0.2, 0.25) is 5.28 Å². The molecule has 8 heteroatoms. The fourth-order valence-electron chi connectivity index (χ4n) is 3.89. The molecule has 0 aliphatic carbocycles. The summed E-state index contributed by atoms with van der Waals surface area (Å²) in [5.74, 6) is -3.21. The van der Waals surface area contributed by atoms with Crippen molar-refractivity contribution in [2.45, 2.75) is 31.4 Å². The van der Waals surface area contributed by atoms with Crippen molar-refractivity contribution < 1.29 is 13.9 Å². The van der Waals surface area contributed by atoms with E-state index in [9.17, 15) is 8.78 Å². The average Bonchev–Trinajstić information content (AvgIpc) is 3.01. The second kappa shape index (κ2) is 6.82. The fraction of sp³-hybridized carbons (Fsp3) is 0.368. The number of hydrogen-bond acceptors (Lipinski definition) is 4. The van der Waals surface area contributed by atoms with Crippen LogP contribution >= 0.6 is 11.6 Å². The Morgan fingerprint density at radius 2 is 2.00 bits per heavy atom. The van der Waals surface area contributed by atoms with Crippen LogP contribution < -0.4 is 0 Å². The first-order valence-electron chi connectivity index (χ1n) is 8.71. The summed E-state index contributed by atoms with van der Waals surface area (Å²) in [6.45, 7) is 0.161. The Morgan fingerprint density at radius 1 is 1.30 bits per heavy atom. The first-order chi connectivity index (χ1) is 12.9. The van der Waals surface area contributed by atoms with Gasteiger partial charge >= 0.3 is 0 Å². The minimum Gasteiger partial charge on any atom is -0.390 e. The van der Waals surface area contributed by atoms with Crippen molar-refractivity contribution >= 4 is 22.5 Å². The predicted octanol–water partition coefficient (Wildman–Crippen LogP) is 3.57. The monoisotopic (exact) mass is 392 g/mol. The van der Waals surface area contributed by atoms with Crippen molar-refractivity contribution in [3.8, 4) is 0 Å². The van der Waals surface area contributed by atoms with E-state index in [4.69, 9.17) is 16.7 Å². The highest BCUT2D eigenvalue weighted by Gasteiger charge is 2.41. The lowest BCUT2D eigenvalue weighted by atomic mass is 9.89. The highest BCUT2D eigenvalue weighted by molar-refractivity contribution is 6.28. The number of aliphatic hydroxyl groups excluding tert-OH is 1. The van der Waals surface area contributed by atoms with Gasteiger partial charge in [-0.3, -0.25) is 4.90 Å². The molecule has 0 saturated heterocycles. The number of aromatic nitrogens is 3. The second-order valence-corrected chi connectivity index (χ2v) is 7.33. The Balaban J connectivity index is 1.88. The maximum Gasteiger partial charge on any atom is 0.283 e. The molecular formula is C19H19ClF2N4O. The van der Waals surface area contributed by atoms with Crippen LogP contribution in [0.4, 0.5) is 8.78 Å². The van der Waals surface area contributed by atoms with Gasteiger partial charge in [-0.25, -0.2) is 18.7 Å². The van der Waals surface area contributed by atoms with E-state index >= 15 is 0 Å². The molecule has 1 aromatic carbocycles. The summed E-state index contributed by atoms with van der Waals surface area (Å²) in [7, 11) is 0. The van der Waals surface area contributed by atoms with Crippen LogP contribution in [0.25, 0.3) is 10.9 Å². The summed E-state index contributed by atoms with van der Waals surface area (Å²) in [6, 6.07) is 7.27. The van der Waals surface area contributed by atoms with Crippen molar-refractivity contribution in [1.82, 2.24) is 19.9 Å². The minimum absolute atomic E-state index is 0.103. The molecule has 0 saturated carbocycles. The smallest absolute Gasteiger partial charge is 0.283 e. The number of aromatic amines is 1. The first kappa shape index (κ1) is 18.3. The molecule has 3 heterocycles. The zero-order valence-electron chi connectivity index (χ0n) is 14.7. The van der Waals surface area contributed by atoms with Gasteiger partial charge in [0.05, 0.1) is 12.6 Å². The van der Waals surface area contributed by atoms with Gasteiger partial charge in [0.25, 0.3) is 5.92 Å². The zero-order chi connectivity index (χ0) is 19.2. The third-order valence-corrected chi connectivity index (χ3v) is 5.31. The summed E-state index contributed by atoms with van der Waals surface area (Å²) >= 11 is 5.81. The maximum atomic E-state index is 14.1. The van der Waals surface area contributed by atoms with E-state index in [1.807, 2.05) is 31.2 Å². The zero-order valence-corrected chi connectivity index (χ0v) is 15.4. The van der Waals surface area contributed by atoms with Crippen LogP contribution in [0, 0.1) is 0 Å². The Morgan fingerprint density at radius 3 is 2.70 bits per heavy atom. The fourth-order valence-corrected chi connectivity index (χ4v) is 3.99. The summed E-state index contributed by atoms with van der Waals surface area (Å²) in [6.07, 6.45) is 3.76. The van der Waals surface area contributed by atoms with Crippen LogP contribution in [0.3, 0.4) is 0 Å². The standard InChI is InChI=1S/C19H19ClF2N4O/c1-11-6-14-13-4-2-3-5-15(13)25-16(14)17(12-7-23-18(20)24-8-12)26(11)9-19(21,22)10-27/h2-5,7-8,11,17,25,27H,6,9-10H2,1H3/t11-,17-/m1/s1. The molecule has 2 N–H and O–H groups in total. The normalized spacial score (nSPS) is 20.8. The minimum atomic E-state index is -3.21. The number of para-hydroxylation sites is 1. The maximum absolute atomic E-state index is 14.1. The van der Waals surface area contributed by atoms with Gasteiger partial charge in [0, 0.05) is 40.6 Å². The molecular weight excluding hydrogens is 374 g/mol. The summed E-state index contributed by atoms with van der Waals surface area (Å²) in [5.41, 5.74) is 3.61. The van der Waals surface area contributed by atoms with Gasteiger partial charge in [0.2, 0.25) is 5.28 Å². The van der Waals surface area contributed by atoms with Crippen molar-refractivity contribution in [2.75, 3.05) is 13.2 Å². The molecule has 5 nitrogen and oxygen atoms in total. The van der Waals surface area contributed by atoms with Gasteiger partial charge in [-0.1, -0.05) is 18.2 Å².